The van der Waals surface area contributed by atoms with Crippen LogP contribution >= 0.6 is 11.6 Å². The smallest absolute Gasteiger partial charge is 0.0453 e. The Morgan fingerprint density at radius 3 is 2.68 bits per heavy atom. The third kappa shape index (κ3) is 3.50. The first kappa shape index (κ1) is 14.8. The molecule has 0 radical (unpaired) electrons. The van der Waals surface area contributed by atoms with Crippen molar-refractivity contribution in [3.05, 3.63) is 34.3 Å². The molecule has 0 spiro atoms. The van der Waals surface area contributed by atoms with Gasteiger partial charge in [0.1, 0.15) is 0 Å². The molecule has 19 heavy (non-hydrogen) atoms. The van der Waals surface area contributed by atoms with Crippen molar-refractivity contribution in [1.29, 1.82) is 0 Å². The monoisotopic (exact) mass is 280 g/mol. The summed E-state index contributed by atoms with van der Waals surface area (Å²) in [5.41, 5.74) is 2.76. The molecule has 0 unspecified atom stereocenters. The average Bonchev–Trinajstić information content (AvgIpc) is 2.42. The lowest BCUT2D eigenvalue weighted by Gasteiger charge is -2.43. The zero-order valence-corrected chi connectivity index (χ0v) is 13.1. The number of hydrogen-bond donors (Lipinski definition) is 1. The van der Waals surface area contributed by atoms with Gasteiger partial charge in [-0.05, 0) is 37.0 Å². The fourth-order valence-corrected chi connectivity index (χ4v) is 3.22. The Bertz CT molecular complexity index is 427. The van der Waals surface area contributed by atoms with Gasteiger partial charge in [-0.15, -0.1) is 0 Å². The fraction of sp³-hybridized carbons (Fsp3) is 0.625. The molecule has 106 valence electrons. The second kappa shape index (κ2) is 6.25. The Balaban J connectivity index is 2.06. The number of nitrogens with one attached hydrogen (secondary N) is 1. The molecule has 2 nitrogen and oxygen atoms in total. The van der Waals surface area contributed by atoms with E-state index in [0.29, 0.717) is 0 Å². The van der Waals surface area contributed by atoms with Gasteiger partial charge in [-0.25, -0.2) is 0 Å². The number of benzene rings is 1. The molecular formula is C16H25ClN2. The van der Waals surface area contributed by atoms with Crippen molar-refractivity contribution in [1.82, 2.24) is 10.2 Å². The lowest BCUT2D eigenvalue weighted by Crippen LogP contribution is -2.59. The molecule has 0 aromatic heterocycles. The first-order valence-electron chi connectivity index (χ1n) is 7.31. The fourth-order valence-electron chi connectivity index (χ4n) is 2.92. The van der Waals surface area contributed by atoms with Crippen molar-refractivity contribution in [2.45, 2.75) is 45.7 Å². The molecule has 1 N–H and O–H groups in total. The molecule has 0 atom stereocenters. The maximum Gasteiger partial charge on any atom is 0.0453 e. The van der Waals surface area contributed by atoms with Crippen LogP contribution in [0.2, 0.25) is 5.02 Å². The standard InChI is InChI=1S/C16H25ClN2/c1-4-16(5-2)12-19(9-8-18-16)11-14-7-6-13(3)10-15(14)17/h6-7,10,18H,4-5,8-9,11-12H2,1-3H3. The summed E-state index contributed by atoms with van der Waals surface area (Å²) in [5.74, 6) is 0. The summed E-state index contributed by atoms with van der Waals surface area (Å²) in [6.45, 7) is 10.9. The maximum absolute atomic E-state index is 6.35. The Labute approximate surface area is 122 Å². The van der Waals surface area contributed by atoms with Crippen LogP contribution in [-0.2, 0) is 6.54 Å². The van der Waals surface area contributed by atoms with E-state index < -0.39 is 0 Å². The van der Waals surface area contributed by atoms with Crippen LogP contribution in [0.1, 0.15) is 37.8 Å². The molecule has 1 aliphatic heterocycles. The van der Waals surface area contributed by atoms with Gasteiger partial charge in [0.2, 0.25) is 0 Å². The predicted molar refractivity (Wildman–Crippen MR) is 82.8 cm³/mol. The van der Waals surface area contributed by atoms with Crippen LogP contribution in [0.3, 0.4) is 0 Å². The predicted octanol–water partition coefficient (Wildman–Crippen LogP) is 3.61. The molecule has 0 bridgehead atoms. The molecular weight excluding hydrogens is 256 g/mol. The highest BCUT2D eigenvalue weighted by Gasteiger charge is 2.31. The van der Waals surface area contributed by atoms with Crippen molar-refractivity contribution in [2.24, 2.45) is 0 Å². The third-order valence-electron chi connectivity index (χ3n) is 4.41. The third-order valence-corrected chi connectivity index (χ3v) is 4.76. The maximum atomic E-state index is 6.35. The van der Waals surface area contributed by atoms with Gasteiger partial charge in [0.25, 0.3) is 0 Å². The summed E-state index contributed by atoms with van der Waals surface area (Å²) in [6, 6.07) is 6.38. The molecule has 1 fully saturated rings. The van der Waals surface area contributed by atoms with Crippen LogP contribution in [0.4, 0.5) is 0 Å². The molecule has 0 amide bonds. The number of hydrogen-bond acceptors (Lipinski definition) is 2. The van der Waals surface area contributed by atoms with Gasteiger partial charge >= 0.3 is 0 Å². The molecule has 1 aliphatic rings. The summed E-state index contributed by atoms with van der Waals surface area (Å²) in [6.07, 6.45) is 2.36. The Morgan fingerprint density at radius 2 is 2.05 bits per heavy atom. The topological polar surface area (TPSA) is 15.3 Å². The minimum Gasteiger partial charge on any atom is -0.309 e. The van der Waals surface area contributed by atoms with E-state index in [1.807, 2.05) is 0 Å². The van der Waals surface area contributed by atoms with Crippen LogP contribution < -0.4 is 5.32 Å². The van der Waals surface area contributed by atoms with Gasteiger partial charge in [-0.1, -0.05) is 37.6 Å². The van der Waals surface area contributed by atoms with E-state index in [0.717, 1.165) is 31.2 Å². The number of halogens is 1. The summed E-state index contributed by atoms with van der Waals surface area (Å²) < 4.78 is 0. The molecule has 1 aromatic carbocycles. The zero-order chi connectivity index (χ0) is 13.9. The first-order chi connectivity index (χ1) is 9.08. The lowest BCUT2D eigenvalue weighted by atomic mass is 9.90. The van der Waals surface area contributed by atoms with Crippen LogP contribution in [0.5, 0.6) is 0 Å². The second-order valence-electron chi connectivity index (χ2n) is 5.72. The molecule has 2 rings (SSSR count). The molecule has 3 heteroatoms. The van der Waals surface area contributed by atoms with E-state index in [2.05, 4.69) is 49.2 Å². The molecule has 0 saturated carbocycles. The van der Waals surface area contributed by atoms with Gasteiger partial charge in [0.15, 0.2) is 0 Å². The highest BCUT2D eigenvalue weighted by Crippen LogP contribution is 2.24. The minimum absolute atomic E-state index is 0.287. The highest BCUT2D eigenvalue weighted by atomic mass is 35.5. The quantitative estimate of drug-likeness (QED) is 0.906. The SMILES string of the molecule is CCC1(CC)CN(Cc2ccc(C)cc2Cl)CCN1. The van der Waals surface area contributed by atoms with Gasteiger partial charge < -0.3 is 5.32 Å². The Morgan fingerprint density at radius 1 is 1.32 bits per heavy atom. The molecule has 0 aliphatic carbocycles. The van der Waals surface area contributed by atoms with Gasteiger partial charge in [-0.3, -0.25) is 4.90 Å². The normalized spacial score (nSPS) is 19.6. The van der Waals surface area contributed by atoms with Crippen molar-refractivity contribution in [3.8, 4) is 0 Å². The number of piperazine rings is 1. The van der Waals surface area contributed by atoms with Crippen LogP contribution in [0.25, 0.3) is 0 Å². The van der Waals surface area contributed by atoms with Gasteiger partial charge in [0, 0.05) is 36.7 Å². The van der Waals surface area contributed by atoms with Crippen molar-refractivity contribution in [3.63, 3.8) is 0 Å². The molecule has 1 aromatic rings. The van der Waals surface area contributed by atoms with Gasteiger partial charge in [0.05, 0.1) is 0 Å². The second-order valence-corrected chi connectivity index (χ2v) is 6.13. The number of aryl methyl sites for hydroxylation is 1. The van der Waals surface area contributed by atoms with E-state index in [9.17, 15) is 0 Å². The van der Waals surface area contributed by atoms with E-state index in [1.54, 1.807) is 0 Å². The van der Waals surface area contributed by atoms with Crippen molar-refractivity contribution < 1.29 is 0 Å². The summed E-state index contributed by atoms with van der Waals surface area (Å²) in [7, 11) is 0. The van der Waals surface area contributed by atoms with Crippen LogP contribution in [0.15, 0.2) is 18.2 Å². The summed E-state index contributed by atoms with van der Waals surface area (Å²) in [4.78, 5) is 2.53. The average molecular weight is 281 g/mol. The molecule has 1 saturated heterocycles. The Hall–Kier alpha value is -0.570. The highest BCUT2D eigenvalue weighted by molar-refractivity contribution is 6.31. The largest absolute Gasteiger partial charge is 0.309 e. The minimum atomic E-state index is 0.287. The summed E-state index contributed by atoms with van der Waals surface area (Å²) in [5, 5.41) is 4.60. The van der Waals surface area contributed by atoms with Crippen LogP contribution in [0, 0.1) is 6.92 Å². The van der Waals surface area contributed by atoms with Gasteiger partial charge in [-0.2, -0.15) is 0 Å². The van der Waals surface area contributed by atoms with Crippen molar-refractivity contribution in [2.75, 3.05) is 19.6 Å². The van der Waals surface area contributed by atoms with E-state index in [4.69, 9.17) is 11.6 Å². The van der Waals surface area contributed by atoms with E-state index in [1.165, 1.54) is 24.0 Å². The zero-order valence-electron chi connectivity index (χ0n) is 12.3. The van der Waals surface area contributed by atoms with E-state index >= 15 is 0 Å². The van der Waals surface area contributed by atoms with Crippen molar-refractivity contribution >= 4 is 11.6 Å². The summed E-state index contributed by atoms with van der Waals surface area (Å²) >= 11 is 6.35. The molecule has 1 heterocycles. The van der Waals surface area contributed by atoms with E-state index in [-0.39, 0.29) is 5.54 Å². The number of nitrogens with zero attached hydrogens (tertiary/aromatic N) is 1. The lowest BCUT2D eigenvalue weighted by molar-refractivity contribution is 0.118. The Kier molecular flexibility index (Phi) is 4.88. The first-order valence-corrected chi connectivity index (χ1v) is 7.69. The number of rotatable bonds is 4. The van der Waals surface area contributed by atoms with Crippen LogP contribution in [-0.4, -0.2) is 30.1 Å².